The molecule has 0 aliphatic rings. The van der Waals surface area contributed by atoms with E-state index in [1.807, 2.05) is 30.3 Å². The van der Waals surface area contributed by atoms with Gasteiger partial charge in [0.25, 0.3) is 0 Å². The minimum atomic E-state index is -0.169. The highest BCUT2D eigenvalue weighted by Gasteiger charge is 2.14. The Kier molecular flexibility index (Phi) is 4.31. The summed E-state index contributed by atoms with van der Waals surface area (Å²) >= 11 is 5.85. The number of rotatable bonds is 4. The summed E-state index contributed by atoms with van der Waals surface area (Å²) in [4.78, 5) is 12.6. The van der Waals surface area contributed by atoms with Crippen LogP contribution in [-0.2, 0) is 0 Å². The van der Waals surface area contributed by atoms with Crippen molar-refractivity contribution in [2.75, 3.05) is 5.73 Å². The van der Waals surface area contributed by atoms with Gasteiger partial charge in [-0.25, -0.2) is 0 Å². The Morgan fingerprint density at radius 1 is 0.870 bits per heavy atom. The number of halogens is 1. The van der Waals surface area contributed by atoms with Gasteiger partial charge in [-0.2, -0.15) is 0 Å². The van der Waals surface area contributed by atoms with Crippen LogP contribution < -0.4 is 10.5 Å². The van der Waals surface area contributed by atoms with Gasteiger partial charge in [0.2, 0.25) is 0 Å². The number of ketones is 1. The molecule has 0 saturated heterocycles. The Morgan fingerprint density at radius 2 is 1.57 bits per heavy atom. The summed E-state index contributed by atoms with van der Waals surface area (Å²) in [5, 5.41) is 0.579. The minimum Gasteiger partial charge on any atom is -0.457 e. The number of nitrogen functional groups attached to an aromatic ring is 1. The molecule has 0 amide bonds. The highest BCUT2D eigenvalue weighted by atomic mass is 35.5. The zero-order valence-electron chi connectivity index (χ0n) is 12.2. The van der Waals surface area contributed by atoms with E-state index in [4.69, 9.17) is 22.1 Å². The molecule has 0 fully saturated rings. The van der Waals surface area contributed by atoms with E-state index in [0.29, 0.717) is 33.3 Å². The van der Waals surface area contributed by atoms with E-state index in [9.17, 15) is 4.79 Å². The minimum absolute atomic E-state index is 0.169. The zero-order valence-corrected chi connectivity index (χ0v) is 13.0. The average molecular weight is 324 g/mol. The molecule has 4 heteroatoms. The lowest BCUT2D eigenvalue weighted by Crippen LogP contribution is -2.05. The molecule has 0 aliphatic carbocycles. The topological polar surface area (TPSA) is 52.3 Å². The summed E-state index contributed by atoms with van der Waals surface area (Å²) in [7, 11) is 0. The third kappa shape index (κ3) is 3.52. The number of benzene rings is 3. The largest absolute Gasteiger partial charge is 0.457 e. The van der Waals surface area contributed by atoms with Crippen molar-refractivity contribution >= 4 is 23.1 Å². The number of ether oxygens (including phenoxy) is 1. The Bertz CT molecular complexity index is 830. The lowest BCUT2D eigenvalue weighted by molar-refractivity contribution is 0.103. The first kappa shape index (κ1) is 15.1. The van der Waals surface area contributed by atoms with Crippen LogP contribution in [0, 0.1) is 0 Å². The lowest BCUT2D eigenvalue weighted by Gasteiger charge is -2.10. The summed E-state index contributed by atoms with van der Waals surface area (Å²) in [5.41, 5.74) is 7.29. The molecule has 0 radical (unpaired) electrons. The van der Waals surface area contributed by atoms with Crippen LogP contribution in [0.4, 0.5) is 5.69 Å². The lowest BCUT2D eigenvalue weighted by atomic mass is 10.0. The van der Waals surface area contributed by atoms with Crippen molar-refractivity contribution in [1.29, 1.82) is 0 Å². The fourth-order valence-electron chi connectivity index (χ4n) is 2.18. The fraction of sp³-hybridized carbons (Fsp3) is 0. The van der Waals surface area contributed by atoms with E-state index in [0.717, 1.165) is 0 Å². The third-order valence-electron chi connectivity index (χ3n) is 3.35. The smallest absolute Gasteiger partial charge is 0.195 e. The second-order valence-corrected chi connectivity index (χ2v) is 5.44. The summed E-state index contributed by atoms with van der Waals surface area (Å²) in [6.45, 7) is 0. The van der Waals surface area contributed by atoms with Crippen molar-refractivity contribution in [3.8, 4) is 11.5 Å². The highest BCUT2D eigenvalue weighted by Crippen LogP contribution is 2.27. The van der Waals surface area contributed by atoms with Gasteiger partial charge in [-0.05, 0) is 54.6 Å². The van der Waals surface area contributed by atoms with Crippen LogP contribution in [0.1, 0.15) is 15.9 Å². The molecule has 0 heterocycles. The van der Waals surface area contributed by atoms with E-state index in [-0.39, 0.29) is 5.78 Å². The SMILES string of the molecule is Nc1ccc(Oc2ccccc2)cc1C(=O)c1ccc(Cl)cc1. The quantitative estimate of drug-likeness (QED) is 0.546. The van der Waals surface area contributed by atoms with E-state index in [2.05, 4.69) is 0 Å². The molecule has 2 N–H and O–H groups in total. The zero-order chi connectivity index (χ0) is 16.2. The molecule has 3 aromatic rings. The first-order valence-electron chi connectivity index (χ1n) is 7.06. The van der Waals surface area contributed by atoms with Crippen molar-refractivity contribution in [1.82, 2.24) is 0 Å². The maximum absolute atomic E-state index is 12.6. The molecule has 3 aromatic carbocycles. The Morgan fingerprint density at radius 3 is 2.26 bits per heavy atom. The molecule has 0 saturated carbocycles. The molecule has 0 atom stereocenters. The van der Waals surface area contributed by atoms with E-state index < -0.39 is 0 Å². The Labute approximate surface area is 139 Å². The van der Waals surface area contributed by atoms with Crippen molar-refractivity contribution in [3.05, 3.63) is 88.9 Å². The third-order valence-corrected chi connectivity index (χ3v) is 3.61. The molecular formula is C19H14ClNO2. The van der Waals surface area contributed by atoms with Crippen LogP contribution >= 0.6 is 11.6 Å². The van der Waals surface area contributed by atoms with Crippen LogP contribution in [0.15, 0.2) is 72.8 Å². The normalized spacial score (nSPS) is 10.3. The monoisotopic (exact) mass is 323 g/mol. The standard InChI is InChI=1S/C19H14ClNO2/c20-14-8-6-13(7-9-14)19(22)17-12-16(10-11-18(17)21)23-15-4-2-1-3-5-15/h1-12H,21H2. The molecule has 0 unspecified atom stereocenters. The summed E-state index contributed by atoms with van der Waals surface area (Å²) in [6.07, 6.45) is 0. The summed E-state index contributed by atoms with van der Waals surface area (Å²) in [5.74, 6) is 1.09. The van der Waals surface area contributed by atoms with Gasteiger partial charge in [-0.1, -0.05) is 29.8 Å². The van der Waals surface area contributed by atoms with Crippen LogP contribution in [-0.4, -0.2) is 5.78 Å². The summed E-state index contributed by atoms with van der Waals surface area (Å²) in [6, 6.07) is 21.1. The van der Waals surface area contributed by atoms with E-state index in [1.165, 1.54) is 0 Å². The number of anilines is 1. The van der Waals surface area contributed by atoms with Gasteiger partial charge < -0.3 is 10.5 Å². The van der Waals surface area contributed by atoms with E-state index >= 15 is 0 Å². The maximum Gasteiger partial charge on any atom is 0.195 e. The average Bonchev–Trinajstić information content (AvgIpc) is 2.58. The Balaban J connectivity index is 1.91. The predicted octanol–water partition coefficient (Wildman–Crippen LogP) is 4.95. The number of nitrogens with two attached hydrogens (primary N) is 1. The second-order valence-electron chi connectivity index (χ2n) is 5.00. The molecule has 0 aliphatic heterocycles. The first-order valence-corrected chi connectivity index (χ1v) is 7.44. The van der Waals surface area contributed by atoms with Crippen molar-refractivity contribution in [2.45, 2.75) is 0 Å². The molecule has 3 nitrogen and oxygen atoms in total. The van der Waals surface area contributed by atoms with Crippen LogP contribution in [0.2, 0.25) is 5.02 Å². The van der Waals surface area contributed by atoms with Gasteiger partial charge in [0.1, 0.15) is 11.5 Å². The second kappa shape index (κ2) is 6.55. The van der Waals surface area contributed by atoms with Gasteiger partial charge >= 0.3 is 0 Å². The van der Waals surface area contributed by atoms with Crippen molar-refractivity contribution < 1.29 is 9.53 Å². The fourth-order valence-corrected chi connectivity index (χ4v) is 2.30. The number of hydrogen-bond donors (Lipinski definition) is 1. The van der Waals surface area contributed by atoms with Crippen molar-refractivity contribution in [3.63, 3.8) is 0 Å². The molecule has 0 bridgehead atoms. The van der Waals surface area contributed by atoms with Gasteiger partial charge in [0, 0.05) is 21.8 Å². The van der Waals surface area contributed by atoms with E-state index in [1.54, 1.807) is 42.5 Å². The molecular weight excluding hydrogens is 310 g/mol. The van der Waals surface area contributed by atoms with Crippen molar-refractivity contribution in [2.24, 2.45) is 0 Å². The van der Waals surface area contributed by atoms with Gasteiger partial charge in [0.05, 0.1) is 0 Å². The number of carbonyl (C=O) groups excluding carboxylic acids is 1. The maximum atomic E-state index is 12.6. The van der Waals surface area contributed by atoms with Gasteiger partial charge in [-0.15, -0.1) is 0 Å². The molecule has 3 rings (SSSR count). The molecule has 0 spiro atoms. The highest BCUT2D eigenvalue weighted by molar-refractivity contribution is 6.30. The molecule has 114 valence electrons. The van der Waals surface area contributed by atoms with Crippen LogP contribution in [0.25, 0.3) is 0 Å². The number of para-hydroxylation sites is 1. The van der Waals surface area contributed by atoms with Gasteiger partial charge in [-0.3, -0.25) is 4.79 Å². The Hall–Kier alpha value is -2.78. The number of carbonyl (C=O) groups is 1. The van der Waals surface area contributed by atoms with Crippen LogP contribution in [0.5, 0.6) is 11.5 Å². The molecule has 0 aromatic heterocycles. The first-order chi connectivity index (χ1) is 11.1. The molecule has 23 heavy (non-hydrogen) atoms. The van der Waals surface area contributed by atoms with Crippen LogP contribution in [0.3, 0.4) is 0 Å². The number of hydrogen-bond acceptors (Lipinski definition) is 3. The summed E-state index contributed by atoms with van der Waals surface area (Å²) < 4.78 is 5.75. The van der Waals surface area contributed by atoms with Gasteiger partial charge in [0.15, 0.2) is 5.78 Å². The predicted molar refractivity (Wildman–Crippen MR) is 92.3 cm³/mol.